The molecule has 2 rings (SSSR count). The average Bonchev–Trinajstić information content (AvgIpc) is 2.98. The molecule has 1 radical (unpaired) electrons. The largest absolute Gasteiger partial charge is 2.00 e. The van der Waals surface area contributed by atoms with E-state index in [0.29, 0.717) is 0 Å². The summed E-state index contributed by atoms with van der Waals surface area (Å²) in [5, 5.41) is 70.1. The minimum atomic E-state index is -1.42. The first-order chi connectivity index (χ1) is 11.1. The molecule has 2 aliphatic heterocycles. The van der Waals surface area contributed by atoms with Crippen molar-refractivity contribution in [3.63, 3.8) is 0 Å². The molecule has 0 aromatic rings. The number of aliphatic hydroxyl groups is 8. The van der Waals surface area contributed by atoms with Gasteiger partial charge in [0.05, 0.1) is 13.2 Å². The number of carbonyl (C=O) groups is 2. The van der Waals surface area contributed by atoms with E-state index >= 15 is 0 Å². The molecule has 0 aliphatic carbocycles. The Balaban J connectivity index is 0.000000443. The average molecular weight is 411 g/mol. The molecule has 12 nitrogen and oxygen atoms in total. The summed E-state index contributed by atoms with van der Waals surface area (Å²) < 4.78 is 8.63. The molecule has 2 heterocycles. The number of hydrogen-bond donors (Lipinski definition) is 8. The molecule has 143 valence electrons. The molecule has 25 heavy (non-hydrogen) atoms. The molecule has 0 bridgehead atoms. The first-order valence-corrected chi connectivity index (χ1v) is 6.39. The van der Waals surface area contributed by atoms with E-state index in [0.717, 1.165) is 0 Å². The molecular formula is C12H16CoO12+2. The number of aliphatic hydroxyl groups excluding tert-OH is 8. The Kier molecular flexibility index (Phi) is 8.68. The third-order valence-corrected chi connectivity index (χ3v) is 2.95. The SMILES string of the molecule is O=C1O[C@H]([C@@H](O)CO)C(O)=C1O.O=C1O[C@H]([C@@H](O)CO)C(O)=C1O.[Co+2]. The topological polar surface area (TPSA) is 214 Å². The predicted molar refractivity (Wildman–Crippen MR) is 70.5 cm³/mol. The van der Waals surface area contributed by atoms with E-state index in [9.17, 15) is 9.59 Å². The van der Waals surface area contributed by atoms with E-state index in [2.05, 4.69) is 9.47 Å². The van der Waals surface area contributed by atoms with Crippen molar-refractivity contribution in [2.24, 2.45) is 0 Å². The molecular weight excluding hydrogens is 395 g/mol. The first-order valence-electron chi connectivity index (χ1n) is 6.39. The summed E-state index contributed by atoms with van der Waals surface area (Å²) in [6.07, 6.45) is -5.55. The van der Waals surface area contributed by atoms with Crippen LogP contribution in [0.3, 0.4) is 0 Å². The number of hydrogen-bond acceptors (Lipinski definition) is 12. The smallest absolute Gasteiger partial charge is 0.505 e. The van der Waals surface area contributed by atoms with Crippen LogP contribution in [0.4, 0.5) is 0 Å². The first kappa shape index (κ1) is 23.0. The van der Waals surface area contributed by atoms with Gasteiger partial charge < -0.3 is 50.3 Å². The van der Waals surface area contributed by atoms with Crippen LogP contribution in [0.2, 0.25) is 0 Å². The Morgan fingerprint density at radius 3 is 1.20 bits per heavy atom. The zero-order valence-corrected chi connectivity index (χ0v) is 13.3. The Labute approximate surface area is 150 Å². The van der Waals surface area contributed by atoms with Crippen LogP contribution in [-0.4, -0.2) is 90.4 Å². The van der Waals surface area contributed by atoms with Crippen LogP contribution in [0.1, 0.15) is 0 Å². The van der Waals surface area contributed by atoms with Gasteiger partial charge in [0.25, 0.3) is 0 Å². The van der Waals surface area contributed by atoms with Gasteiger partial charge in [0.2, 0.25) is 11.5 Å². The van der Waals surface area contributed by atoms with Gasteiger partial charge in [-0.25, -0.2) is 9.59 Å². The van der Waals surface area contributed by atoms with Crippen molar-refractivity contribution in [1.82, 2.24) is 0 Å². The Morgan fingerprint density at radius 2 is 1.04 bits per heavy atom. The van der Waals surface area contributed by atoms with Gasteiger partial charge in [-0.3, -0.25) is 0 Å². The van der Waals surface area contributed by atoms with Crippen LogP contribution in [0.15, 0.2) is 23.0 Å². The van der Waals surface area contributed by atoms with E-state index in [4.69, 9.17) is 40.9 Å². The third-order valence-electron chi connectivity index (χ3n) is 2.95. The monoisotopic (exact) mass is 411 g/mol. The maximum absolute atomic E-state index is 10.5. The van der Waals surface area contributed by atoms with Crippen LogP contribution in [0, 0.1) is 0 Å². The third kappa shape index (κ3) is 4.97. The number of ether oxygens (including phenoxy) is 2. The predicted octanol–water partition coefficient (Wildman–Crippen LogP) is -2.82. The van der Waals surface area contributed by atoms with Crippen LogP contribution in [0.25, 0.3) is 0 Å². The Hall–Kier alpha value is -2.03. The van der Waals surface area contributed by atoms with Crippen molar-refractivity contribution in [3.8, 4) is 0 Å². The molecule has 0 saturated carbocycles. The van der Waals surface area contributed by atoms with Crippen molar-refractivity contribution >= 4 is 11.9 Å². The second-order valence-corrected chi connectivity index (χ2v) is 4.62. The molecule has 2 aliphatic rings. The zero-order chi connectivity index (χ0) is 18.6. The van der Waals surface area contributed by atoms with E-state index in [1.807, 2.05) is 0 Å². The molecule has 0 unspecified atom stereocenters. The number of carbonyl (C=O) groups excluding carboxylic acids is 2. The van der Waals surface area contributed by atoms with Gasteiger partial charge in [-0.1, -0.05) is 0 Å². The summed E-state index contributed by atoms with van der Waals surface area (Å²) in [5.41, 5.74) is 0. The summed E-state index contributed by atoms with van der Waals surface area (Å²) >= 11 is 0. The maximum atomic E-state index is 10.5. The Bertz CT molecular complexity index is 520. The van der Waals surface area contributed by atoms with E-state index in [-0.39, 0.29) is 16.8 Å². The Morgan fingerprint density at radius 1 is 0.760 bits per heavy atom. The minimum Gasteiger partial charge on any atom is -0.505 e. The molecule has 0 amide bonds. The molecule has 0 aromatic carbocycles. The van der Waals surface area contributed by atoms with Gasteiger partial charge in [-0.15, -0.1) is 0 Å². The molecule has 0 fully saturated rings. The molecule has 0 aromatic heterocycles. The summed E-state index contributed by atoms with van der Waals surface area (Å²) in [4.78, 5) is 21.1. The molecule has 8 N–H and O–H groups in total. The summed E-state index contributed by atoms with van der Waals surface area (Å²) in [6, 6.07) is 0. The van der Waals surface area contributed by atoms with Gasteiger partial charge in [-0.05, 0) is 0 Å². The van der Waals surface area contributed by atoms with Crippen molar-refractivity contribution in [1.29, 1.82) is 0 Å². The standard InChI is InChI=1S/2C6H8O6.Co/c2*7-1-2(8)5-3(9)4(10)6(11)12-5;/h2*2,5,7-10H,1H2;/q;;+2/t2*2-,5+;/m00./s1. The van der Waals surface area contributed by atoms with Crippen molar-refractivity contribution in [2.45, 2.75) is 24.4 Å². The maximum Gasteiger partial charge on any atom is 2.00 e. The molecule has 0 spiro atoms. The van der Waals surface area contributed by atoms with Crippen molar-refractivity contribution in [2.75, 3.05) is 13.2 Å². The summed E-state index contributed by atoms with van der Waals surface area (Å²) in [6.45, 7) is -1.34. The second kappa shape index (κ2) is 9.45. The fourth-order valence-corrected chi connectivity index (χ4v) is 1.65. The van der Waals surface area contributed by atoms with Gasteiger partial charge >= 0.3 is 28.7 Å². The van der Waals surface area contributed by atoms with Gasteiger partial charge in [0.15, 0.2) is 23.7 Å². The zero-order valence-electron chi connectivity index (χ0n) is 12.3. The van der Waals surface area contributed by atoms with Crippen LogP contribution in [0.5, 0.6) is 0 Å². The summed E-state index contributed by atoms with van der Waals surface area (Å²) in [7, 11) is 0. The van der Waals surface area contributed by atoms with Gasteiger partial charge in [0, 0.05) is 0 Å². The molecule has 4 atom stereocenters. The normalized spacial score (nSPS) is 24.8. The van der Waals surface area contributed by atoms with Gasteiger partial charge in [-0.2, -0.15) is 0 Å². The van der Waals surface area contributed by atoms with Gasteiger partial charge in [0.1, 0.15) is 12.2 Å². The van der Waals surface area contributed by atoms with Crippen LogP contribution < -0.4 is 0 Å². The van der Waals surface area contributed by atoms with E-state index < -0.39 is 72.6 Å². The minimum absolute atomic E-state index is 0. The molecule has 13 heteroatoms. The summed E-state index contributed by atoms with van der Waals surface area (Å²) in [5.74, 6) is -5.56. The number of cyclic esters (lactones) is 2. The van der Waals surface area contributed by atoms with E-state index in [1.54, 1.807) is 0 Å². The van der Waals surface area contributed by atoms with Crippen LogP contribution in [-0.2, 0) is 35.8 Å². The van der Waals surface area contributed by atoms with Crippen LogP contribution >= 0.6 is 0 Å². The molecule has 0 saturated heterocycles. The quantitative estimate of drug-likeness (QED) is 0.220. The number of rotatable bonds is 4. The second-order valence-electron chi connectivity index (χ2n) is 4.62. The van der Waals surface area contributed by atoms with E-state index in [1.165, 1.54) is 0 Å². The fraction of sp³-hybridized carbons (Fsp3) is 0.500. The number of esters is 2. The van der Waals surface area contributed by atoms with Crippen molar-refractivity contribution in [3.05, 3.63) is 23.0 Å². The fourth-order valence-electron chi connectivity index (χ4n) is 1.65. The van der Waals surface area contributed by atoms with Crippen molar-refractivity contribution < 1.29 is 76.7 Å².